The number of nitrogens with one attached hydrogen (secondary N) is 2. The molecule has 2 aromatic rings. The van der Waals surface area contributed by atoms with Crippen LogP contribution in [0.15, 0.2) is 47.4 Å². The lowest BCUT2D eigenvalue weighted by Crippen LogP contribution is -2.19. The molecule has 0 aliphatic rings. The lowest BCUT2D eigenvalue weighted by atomic mass is 10.2. The quantitative estimate of drug-likeness (QED) is 0.743. The third-order valence-corrected chi connectivity index (χ3v) is 3.86. The third-order valence-electron chi connectivity index (χ3n) is 2.81. The van der Waals surface area contributed by atoms with E-state index in [1.807, 2.05) is 12.3 Å². The smallest absolute Gasteiger partial charge is 0.316 e. The third kappa shape index (κ3) is 4.16. The van der Waals surface area contributed by atoms with E-state index >= 15 is 0 Å². The van der Waals surface area contributed by atoms with Gasteiger partial charge in [0, 0.05) is 16.3 Å². The van der Waals surface area contributed by atoms with Crippen molar-refractivity contribution >= 4 is 46.7 Å². The highest BCUT2D eigenvalue weighted by molar-refractivity contribution is 7.98. The summed E-state index contributed by atoms with van der Waals surface area (Å²) in [4.78, 5) is 24.1. The van der Waals surface area contributed by atoms with Gasteiger partial charge in [0.05, 0.1) is 10.6 Å². The highest BCUT2D eigenvalue weighted by Crippen LogP contribution is 2.24. The predicted octanol–water partition coefficient (Wildman–Crippen LogP) is 3.80. The minimum atomic E-state index is -0.667. The first-order chi connectivity index (χ1) is 10.5. The summed E-state index contributed by atoms with van der Waals surface area (Å²) in [5, 5.41) is 5.56. The van der Waals surface area contributed by atoms with Crippen molar-refractivity contribution in [3.63, 3.8) is 0 Å². The summed E-state index contributed by atoms with van der Waals surface area (Å²) in [6, 6.07) is 11.3. The van der Waals surface area contributed by atoms with Crippen molar-refractivity contribution in [3.05, 3.63) is 53.1 Å². The van der Waals surface area contributed by atoms with E-state index in [9.17, 15) is 9.59 Å². The average molecular weight is 336 g/mol. The molecule has 0 bridgehead atoms. The van der Waals surface area contributed by atoms with E-state index in [0.29, 0.717) is 22.0 Å². The number of hydrogen-bond donors (Lipinski definition) is 3. The Morgan fingerprint density at radius 1 is 1.09 bits per heavy atom. The molecule has 0 unspecified atom stereocenters. The second kappa shape index (κ2) is 7.20. The number of nitrogens with two attached hydrogens (primary N) is 1. The number of rotatable bonds is 4. The van der Waals surface area contributed by atoms with E-state index < -0.39 is 6.03 Å². The molecule has 3 amide bonds. The molecule has 0 atom stereocenters. The standard InChI is InChI=1S/C15H14ClN3O2S/c1-22-11-5-6-13(16)12(8-11)14(20)18-9-3-2-4-10(7-9)19-15(17)21/h2-8H,1H3,(H,18,20)(H3,17,19,21). The maximum atomic E-state index is 12.3. The van der Waals surface area contributed by atoms with E-state index in [2.05, 4.69) is 10.6 Å². The first-order valence-corrected chi connectivity index (χ1v) is 7.91. The van der Waals surface area contributed by atoms with Crippen molar-refractivity contribution in [1.29, 1.82) is 0 Å². The van der Waals surface area contributed by atoms with Gasteiger partial charge in [0.15, 0.2) is 0 Å². The van der Waals surface area contributed by atoms with Gasteiger partial charge in [-0.15, -0.1) is 11.8 Å². The second-order valence-electron chi connectivity index (χ2n) is 4.37. The van der Waals surface area contributed by atoms with Crippen LogP contribution in [0, 0.1) is 0 Å². The van der Waals surface area contributed by atoms with Crippen LogP contribution in [0.4, 0.5) is 16.2 Å². The van der Waals surface area contributed by atoms with Crippen LogP contribution in [-0.2, 0) is 0 Å². The van der Waals surface area contributed by atoms with Crippen LogP contribution in [0.25, 0.3) is 0 Å². The Balaban J connectivity index is 2.20. The second-order valence-corrected chi connectivity index (χ2v) is 5.66. The number of benzene rings is 2. The van der Waals surface area contributed by atoms with Crippen LogP contribution < -0.4 is 16.4 Å². The number of carbonyl (C=O) groups excluding carboxylic acids is 2. The zero-order valence-electron chi connectivity index (χ0n) is 11.7. The molecule has 4 N–H and O–H groups in total. The van der Waals surface area contributed by atoms with Gasteiger partial charge in [0.1, 0.15) is 0 Å². The van der Waals surface area contributed by atoms with Crippen molar-refractivity contribution in [2.75, 3.05) is 16.9 Å². The van der Waals surface area contributed by atoms with Crippen molar-refractivity contribution in [2.45, 2.75) is 4.90 Å². The molecule has 0 aliphatic carbocycles. The predicted molar refractivity (Wildman–Crippen MR) is 90.8 cm³/mol. The normalized spacial score (nSPS) is 10.1. The molecular weight excluding hydrogens is 322 g/mol. The van der Waals surface area contributed by atoms with Crippen molar-refractivity contribution in [3.8, 4) is 0 Å². The number of amides is 3. The molecule has 22 heavy (non-hydrogen) atoms. The Morgan fingerprint density at radius 2 is 1.77 bits per heavy atom. The lowest BCUT2D eigenvalue weighted by Gasteiger charge is -2.09. The summed E-state index contributed by atoms with van der Waals surface area (Å²) in [6.07, 6.45) is 1.92. The molecule has 0 heterocycles. The highest BCUT2D eigenvalue weighted by Gasteiger charge is 2.12. The van der Waals surface area contributed by atoms with Gasteiger partial charge in [-0.1, -0.05) is 17.7 Å². The van der Waals surface area contributed by atoms with Crippen molar-refractivity contribution in [2.24, 2.45) is 5.73 Å². The van der Waals surface area contributed by atoms with Crippen LogP contribution in [0.3, 0.4) is 0 Å². The SMILES string of the molecule is CSc1ccc(Cl)c(C(=O)Nc2cccc(NC(N)=O)c2)c1. The molecule has 0 fully saturated rings. The molecule has 2 aromatic carbocycles. The maximum absolute atomic E-state index is 12.3. The fraction of sp³-hybridized carbons (Fsp3) is 0.0667. The maximum Gasteiger partial charge on any atom is 0.316 e. The molecule has 2 rings (SSSR count). The topological polar surface area (TPSA) is 84.2 Å². The summed E-state index contributed by atoms with van der Waals surface area (Å²) in [5.74, 6) is -0.322. The Bertz CT molecular complexity index is 722. The molecule has 0 aliphatic heterocycles. The zero-order valence-corrected chi connectivity index (χ0v) is 13.3. The minimum Gasteiger partial charge on any atom is -0.351 e. The Hall–Kier alpha value is -2.18. The van der Waals surface area contributed by atoms with E-state index in [0.717, 1.165) is 4.90 Å². The molecule has 0 radical (unpaired) electrons. The largest absolute Gasteiger partial charge is 0.351 e. The van der Waals surface area contributed by atoms with E-state index in [1.165, 1.54) is 11.8 Å². The molecule has 5 nitrogen and oxygen atoms in total. The molecule has 114 valence electrons. The molecular formula is C15H14ClN3O2S. The zero-order chi connectivity index (χ0) is 16.1. The summed E-state index contributed by atoms with van der Waals surface area (Å²) < 4.78 is 0. The van der Waals surface area contributed by atoms with Gasteiger partial charge >= 0.3 is 6.03 Å². The van der Waals surface area contributed by atoms with Crippen LogP contribution in [0.2, 0.25) is 5.02 Å². The Morgan fingerprint density at radius 3 is 2.41 bits per heavy atom. The number of primary amides is 1. The first kappa shape index (κ1) is 16.2. The summed E-state index contributed by atoms with van der Waals surface area (Å²) >= 11 is 7.60. The van der Waals surface area contributed by atoms with Gasteiger partial charge in [0.2, 0.25) is 0 Å². The lowest BCUT2D eigenvalue weighted by molar-refractivity contribution is 0.102. The number of urea groups is 1. The number of halogens is 1. The highest BCUT2D eigenvalue weighted by atomic mass is 35.5. The van der Waals surface area contributed by atoms with Crippen molar-refractivity contribution < 1.29 is 9.59 Å². The van der Waals surface area contributed by atoms with Crippen LogP contribution in [0.1, 0.15) is 10.4 Å². The van der Waals surface area contributed by atoms with Gasteiger partial charge in [-0.2, -0.15) is 0 Å². The van der Waals surface area contributed by atoms with E-state index in [-0.39, 0.29) is 5.91 Å². The minimum absolute atomic E-state index is 0.322. The van der Waals surface area contributed by atoms with Crippen molar-refractivity contribution in [1.82, 2.24) is 0 Å². The molecule has 0 spiro atoms. The fourth-order valence-corrected chi connectivity index (χ4v) is 2.46. The van der Waals surface area contributed by atoms with E-state index in [1.54, 1.807) is 36.4 Å². The van der Waals surface area contributed by atoms with Gasteiger partial charge < -0.3 is 16.4 Å². The molecule has 0 aromatic heterocycles. The molecule has 0 saturated heterocycles. The van der Waals surface area contributed by atoms with Gasteiger partial charge in [0.25, 0.3) is 5.91 Å². The van der Waals surface area contributed by atoms with Crippen LogP contribution in [0.5, 0.6) is 0 Å². The first-order valence-electron chi connectivity index (χ1n) is 6.31. The summed E-state index contributed by atoms with van der Waals surface area (Å²) in [6.45, 7) is 0. The number of carbonyl (C=O) groups is 2. The average Bonchev–Trinajstić information content (AvgIpc) is 2.47. The monoisotopic (exact) mass is 335 g/mol. The molecule has 0 saturated carbocycles. The van der Waals surface area contributed by atoms with Gasteiger partial charge in [-0.3, -0.25) is 4.79 Å². The van der Waals surface area contributed by atoms with Crippen LogP contribution in [-0.4, -0.2) is 18.2 Å². The number of hydrogen-bond acceptors (Lipinski definition) is 3. The fourth-order valence-electron chi connectivity index (χ4n) is 1.82. The van der Waals surface area contributed by atoms with E-state index in [4.69, 9.17) is 17.3 Å². The summed E-state index contributed by atoms with van der Waals surface area (Å²) in [7, 11) is 0. The van der Waals surface area contributed by atoms with Gasteiger partial charge in [-0.05, 0) is 42.7 Å². The molecule has 7 heteroatoms. The van der Waals surface area contributed by atoms with Gasteiger partial charge in [-0.25, -0.2) is 4.79 Å². The summed E-state index contributed by atoms with van der Waals surface area (Å²) in [5.41, 5.74) is 6.48. The Labute approximate surface area is 137 Å². The number of anilines is 2. The number of thioether (sulfide) groups is 1. The van der Waals surface area contributed by atoms with Crippen LogP contribution >= 0.6 is 23.4 Å². The Kier molecular flexibility index (Phi) is 5.30.